The Morgan fingerprint density at radius 1 is 1.36 bits per heavy atom. The van der Waals surface area contributed by atoms with E-state index in [2.05, 4.69) is 5.43 Å². The zero-order valence-corrected chi connectivity index (χ0v) is 9.05. The molecular formula is C9H17ClN2O2. The van der Waals surface area contributed by atoms with E-state index in [0.717, 1.165) is 25.9 Å². The molecule has 1 aliphatic rings. The smallest absolute Gasteiger partial charge is 0.234 e. The van der Waals surface area contributed by atoms with Crippen molar-refractivity contribution in [3.8, 4) is 0 Å². The van der Waals surface area contributed by atoms with Gasteiger partial charge < -0.3 is 4.74 Å². The largest absolute Gasteiger partial charge is 0.379 e. The number of alkyl halides is 1. The molecule has 1 fully saturated rings. The van der Waals surface area contributed by atoms with Crippen LogP contribution in [0.4, 0.5) is 0 Å². The molecule has 0 aromatic rings. The second kappa shape index (κ2) is 7.04. The molecule has 0 radical (unpaired) electrons. The first-order valence-electron chi connectivity index (χ1n) is 5.01. The number of morpholine rings is 1. The second-order valence-corrected chi connectivity index (χ2v) is 3.66. The molecule has 0 saturated carbocycles. The van der Waals surface area contributed by atoms with Crippen LogP contribution in [0.5, 0.6) is 0 Å². The van der Waals surface area contributed by atoms with Crippen molar-refractivity contribution in [1.82, 2.24) is 10.4 Å². The number of ether oxygens (including phenoxy) is 1. The van der Waals surface area contributed by atoms with Crippen molar-refractivity contribution in [2.24, 2.45) is 0 Å². The Kier molecular flexibility index (Phi) is 5.91. The van der Waals surface area contributed by atoms with E-state index in [9.17, 15) is 4.79 Å². The molecule has 0 atom stereocenters. The molecule has 1 aliphatic heterocycles. The number of hydrogen-bond acceptors (Lipinski definition) is 3. The van der Waals surface area contributed by atoms with Crippen LogP contribution in [0.15, 0.2) is 0 Å². The van der Waals surface area contributed by atoms with Gasteiger partial charge in [0.2, 0.25) is 5.91 Å². The zero-order chi connectivity index (χ0) is 10.2. The molecule has 14 heavy (non-hydrogen) atoms. The molecule has 1 heterocycles. The maximum Gasteiger partial charge on any atom is 0.234 e. The summed E-state index contributed by atoms with van der Waals surface area (Å²) in [4.78, 5) is 11.3. The standard InChI is InChI=1S/C9H17ClN2O2/c10-4-2-1-3-9(13)11-12-5-7-14-8-6-12/h1-8H2,(H,11,13). The minimum absolute atomic E-state index is 0.0806. The normalized spacial score (nSPS) is 18.1. The van der Waals surface area contributed by atoms with Crippen molar-refractivity contribution >= 4 is 17.5 Å². The number of nitrogens with zero attached hydrogens (tertiary/aromatic N) is 1. The third-order valence-corrected chi connectivity index (χ3v) is 2.35. The minimum atomic E-state index is 0.0806. The number of hydrazine groups is 1. The van der Waals surface area contributed by atoms with Crippen molar-refractivity contribution in [2.75, 3.05) is 32.2 Å². The summed E-state index contributed by atoms with van der Waals surface area (Å²) in [6.45, 7) is 2.95. The average molecular weight is 221 g/mol. The maximum atomic E-state index is 11.3. The van der Waals surface area contributed by atoms with Crippen LogP contribution in [0, 0.1) is 0 Å². The summed E-state index contributed by atoms with van der Waals surface area (Å²) < 4.78 is 5.17. The van der Waals surface area contributed by atoms with Gasteiger partial charge in [-0.25, -0.2) is 5.01 Å². The fourth-order valence-electron chi connectivity index (χ4n) is 1.29. The van der Waals surface area contributed by atoms with Crippen LogP contribution >= 0.6 is 11.6 Å². The molecule has 0 bridgehead atoms. The molecular weight excluding hydrogens is 204 g/mol. The molecule has 0 aromatic heterocycles. The quantitative estimate of drug-likeness (QED) is 0.550. The van der Waals surface area contributed by atoms with Crippen LogP contribution in [-0.2, 0) is 9.53 Å². The SMILES string of the molecule is O=C(CCCCCl)NN1CCOCC1. The van der Waals surface area contributed by atoms with E-state index in [1.807, 2.05) is 5.01 Å². The van der Waals surface area contributed by atoms with Crippen molar-refractivity contribution in [3.63, 3.8) is 0 Å². The highest BCUT2D eigenvalue weighted by atomic mass is 35.5. The van der Waals surface area contributed by atoms with Crippen LogP contribution in [0.2, 0.25) is 0 Å². The first kappa shape index (κ1) is 11.8. The van der Waals surface area contributed by atoms with Crippen molar-refractivity contribution in [1.29, 1.82) is 0 Å². The molecule has 1 N–H and O–H groups in total. The molecule has 0 unspecified atom stereocenters. The molecule has 1 saturated heterocycles. The fourth-order valence-corrected chi connectivity index (χ4v) is 1.48. The monoisotopic (exact) mass is 220 g/mol. The Labute approximate surface area is 89.5 Å². The first-order valence-corrected chi connectivity index (χ1v) is 5.54. The summed E-state index contributed by atoms with van der Waals surface area (Å²) in [5, 5.41) is 1.91. The topological polar surface area (TPSA) is 41.6 Å². The predicted octanol–water partition coefficient (Wildman–Crippen LogP) is 0.759. The van der Waals surface area contributed by atoms with Crippen molar-refractivity contribution in [2.45, 2.75) is 19.3 Å². The zero-order valence-electron chi connectivity index (χ0n) is 8.30. The number of rotatable bonds is 5. The Balaban J connectivity index is 2.06. The predicted molar refractivity (Wildman–Crippen MR) is 55.1 cm³/mol. The van der Waals surface area contributed by atoms with Gasteiger partial charge in [-0.15, -0.1) is 11.6 Å². The van der Waals surface area contributed by atoms with Crippen LogP contribution in [0.1, 0.15) is 19.3 Å². The number of unbranched alkanes of at least 4 members (excludes halogenated alkanes) is 1. The molecule has 5 heteroatoms. The fraction of sp³-hybridized carbons (Fsp3) is 0.889. The van der Waals surface area contributed by atoms with Crippen LogP contribution in [0.3, 0.4) is 0 Å². The Morgan fingerprint density at radius 3 is 2.71 bits per heavy atom. The summed E-state index contributed by atoms with van der Waals surface area (Å²) in [5.41, 5.74) is 2.85. The van der Waals surface area contributed by atoms with Gasteiger partial charge in [-0.2, -0.15) is 0 Å². The number of carbonyl (C=O) groups is 1. The summed E-state index contributed by atoms with van der Waals surface area (Å²) in [6, 6.07) is 0. The Bertz CT molecular complexity index is 172. The van der Waals surface area contributed by atoms with Crippen molar-refractivity contribution < 1.29 is 9.53 Å². The van der Waals surface area contributed by atoms with Gasteiger partial charge in [0.05, 0.1) is 13.2 Å². The van der Waals surface area contributed by atoms with Crippen LogP contribution in [-0.4, -0.2) is 43.1 Å². The van der Waals surface area contributed by atoms with Gasteiger partial charge in [-0.1, -0.05) is 0 Å². The van der Waals surface area contributed by atoms with E-state index >= 15 is 0 Å². The summed E-state index contributed by atoms with van der Waals surface area (Å²) in [6.07, 6.45) is 2.32. The van der Waals surface area contributed by atoms with Gasteiger partial charge in [-0.3, -0.25) is 10.2 Å². The van der Waals surface area contributed by atoms with Crippen LogP contribution in [0.25, 0.3) is 0 Å². The van der Waals surface area contributed by atoms with Gasteiger partial charge in [0.1, 0.15) is 0 Å². The Morgan fingerprint density at radius 2 is 2.07 bits per heavy atom. The number of carbonyl (C=O) groups excluding carboxylic acids is 1. The molecule has 4 nitrogen and oxygen atoms in total. The molecule has 1 amide bonds. The van der Waals surface area contributed by atoms with E-state index in [-0.39, 0.29) is 5.91 Å². The molecule has 0 aromatic carbocycles. The highest BCUT2D eigenvalue weighted by Gasteiger charge is 2.12. The maximum absolute atomic E-state index is 11.3. The molecule has 82 valence electrons. The summed E-state index contributed by atoms with van der Waals surface area (Å²) in [7, 11) is 0. The number of halogens is 1. The third kappa shape index (κ3) is 4.79. The van der Waals surface area contributed by atoms with Gasteiger partial charge in [0.25, 0.3) is 0 Å². The van der Waals surface area contributed by atoms with Crippen molar-refractivity contribution in [3.05, 3.63) is 0 Å². The lowest BCUT2D eigenvalue weighted by atomic mass is 10.2. The highest BCUT2D eigenvalue weighted by Crippen LogP contribution is 1.98. The third-order valence-electron chi connectivity index (χ3n) is 2.08. The highest BCUT2D eigenvalue weighted by molar-refractivity contribution is 6.17. The van der Waals surface area contributed by atoms with Gasteiger partial charge >= 0.3 is 0 Å². The van der Waals surface area contributed by atoms with E-state index in [1.54, 1.807) is 0 Å². The molecule has 0 spiro atoms. The van der Waals surface area contributed by atoms with Gasteiger partial charge in [0.15, 0.2) is 0 Å². The average Bonchev–Trinajstić information content (AvgIpc) is 2.20. The number of nitrogens with one attached hydrogen (secondary N) is 1. The molecule has 1 rings (SSSR count). The lowest BCUT2D eigenvalue weighted by Gasteiger charge is -2.26. The van der Waals surface area contributed by atoms with Gasteiger partial charge in [-0.05, 0) is 12.8 Å². The lowest BCUT2D eigenvalue weighted by molar-refractivity contribution is -0.128. The number of amides is 1. The second-order valence-electron chi connectivity index (χ2n) is 3.28. The van der Waals surface area contributed by atoms with E-state index < -0.39 is 0 Å². The van der Waals surface area contributed by atoms with Crippen LogP contribution < -0.4 is 5.43 Å². The Hall–Kier alpha value is -0.320. The van der Waals surface area contributed by atoms with E-state index in [1.165, 1.54) is 0 Å². The molecule has 0 aliphatic carbocycles. The minimum Gasteiger partial charge on any atom is -0.379 e. The number of hydrogen-bond donors (Lipinski definition) is 1. The summed E-state index contributed by atoms with van der Waals surface area (Å²) >= 11 is 5.52. The summed E-state index contributed by atoms with van der Waals surface area (Å²) in [5.74, 6) is 0.710. The van der Waals surface area contributed by atoms with E-state index in [4.69, 9.17) is 16.3 Å². The lowest BCUT2D eigenvalue weighted by Crippen LogP contribution is -2.48. The first-order chi connectivity index (χ1) is 6.83. The van der Waals surface area contributed by atoms with Gasteiger partial charge in [0, 0.05) is 25.4 Å². The van der Waals surface area contributed by atoms with E-state index in [0.29, 0.717) is 25.5 Å².